The molecule has 1 aromatic rings. The van der Waals surface area contributed by atoms with Crippen LogP contribution in [0.4, 0.5) is 8.78 Å². The molecule has 118 valence electrons. The van der Waals surface area contributed by atoms with Crippen LogP contribution in [0.1, 0.15) is 19.4 Å². The number of nitrogens with one attached hydrogen (secondary N) is 2. The third kappa shape index (κ3) is 5.91. The fourth-order valence-corrected chi connectivity index (χ4v) is 1.88. The maximum absolute atomic E-state index is 13.5. The molecular formula is C15H23F2N3S. The van der Waals surface area contributed by atoms with Crippen LogP contribution in [0.25, 0.3) is 0 Å². The SMILES string of the molecule is CN=C(NCCc1c(F)cccc1F)NCC(C)(C)SC. The van der Waals surface area contributed by atoms with Gasteiger partial charge in [0.2, 0.25) is 0 Å². The summed E-state index contributed by atoms with van der Waals surface area (Å²) in [4.78, 5) is 4.10. The van der Waals surface area contributed by atoms with Crippen LogP contribution >= 0.6 is 11.8 Å². The highest BCUT2D eigenvalue weighted by molar-refractivity contribution is 7.99. The number of benzene rings is 1. The van der Waals surface area contributed by atoms with Gasteiger partial charge in [0.15, 0.2) is 5.96 Å². The Labute approximate surface area is 129 Å². The molecule has 0 radical (unpaired) electrons. The van der Waals surface area contributed by atoms with E-state index in [1.54, 1.807) is 18.8 Å². The highest BCUT2D eigenvalue weighted by Gasteiger charge is 2.16. The quantitative estimate of drug-likeness (QED) is 0.626. The van der Waals surface area contributed by atoms with Crippen molar-refractivity contribution in [2.75, 3.05) is 26.4 Å². The van der Waals surface area contributed by atoms with E-state index in [0.29, 0.717) is 12.5 Å². The van der Waals surface area contributed by atoms with Crippen molar-refractivity contribution in [1.82, 2.24) is 10.6 Å². The summed E-state index contributed by atoms with van der Waals surface area (Å²) < 4.78 is 27.1. The van der Waals surface area contributed by atoms with Crippen molar-refractivity contribution in [2.24, 2.45) is 4.99 Å². The minimum absolute atomic E-state index is 0.0925. The smallest absolute Gasteiger partial charge is 0.191 e. The minimum atomic E-state index is -0.511. The van der Waals surface area contributed by atoms with E-state index in [2.05, 4.69) is 35.7 Å². The highest BCUT2D eigenvalue weighted by atomic mass is 32.2. The van der Waals surface area contributed by atoms with Gasteiger partial charge >= 0.3 is 0 Å². The normalized spacial score (nSPS) is 12.4. The molecule has 6 heteroatoms. The molecule has 0 amide bonds. The molecule has 0 fully saturated rings. The lowest BCUT2D eigenvalue weighted by atomic mass is 10.1. The van der Waals surface area contributed by atoms with E-state index >= 15 is 0 Å². The fraction of sp³-hybridized carbons (Fsp3) is 0.533. The van der Waals surface area contributed by atoms with E-state index in [1.165, 1.54) is 18.2 Å². The zero-order valence-electron chi connectivity index (χ0n) is 13.0. The Bertz CT molecular complexity index is 470. The second-order valence-electron chi connectivity index (χ2n) is 5.27. The maximum Gasteiger partial charge on any atom is 0.191 e. The molecule has 1 rings (SSSR count). The number of halogens is 2. The summed E-state index contributed by atoms with van der Waals surface area (Å²) in [5.41, 5.74) is 0.102. The molecule has 1 aromatic carbocycles. The minimum Gasteiger partial charge on any atom is -0.356 e. The molecule has 0 saturated heterocycles. The standard InChI is InChI=1S/C15H23F2N3S/c1-15(2,21-4)10-20-14(18-3)19-9-8-11-12(16)6-5-7-13(11)17/h5-7H,8-10H2,1-4H3,(H2,18,19,20). The van der Waals surface area contributed by atoms with Crippen LogP contribution in [-0.2, 0) is 6.42 Å². The largest absolute Gasteiger partial charge is 0.356 e. The molecule has 0 aromatic heterocycles. The summed E-state index contributed by atoms with van der Waals surface area (Å²) in [6, 6.07) is 3.91. The Morgan fingerprint density at radius 1 is 1.24 bits per heavy atom. The number of hydrogen-bond donors (Lipinski definition) is 2. The second-order valence-corrected chi connectivity index (χ2v) is 6.78. The summed E-state index contributed by atoms with van der Waals surface area (Å²) in [6.07, 6.45) is 2.32. The molecule has 0 unspecified atom stereocenters. The van der Waals surface area contributed by atoms with Gasteiger partial charge in [-0.2, -0.15) is 11.8 Å². The van der Waals surface area contributed by atoms with Crippen molar-refractivity contribution in [1.29, 1.82) is 0 Å². The molecule has 3 nitrogen and oxygen atoms in total. The van der Waals surface area contributed by atoms with E-state index < -0.39 is 11.6 Å². The average molecular weight is 315 g/mol. The molecule has 0 aliphatic rings. The van der Waals surface area contributed by atoms with Crippen molar-refractivity contribution in [3.05, 3.63) is 35.4 Å². The van der Waals surface area contributed by atoms with E-state index in [0.717, 1.165) is 6.54 Å². The summed E-state index contributed by atoms with van der Waals surface area (Å²) in [5, 5.41) is 6.27. The number of nitrogens with zero attached hydrogens (tertiary/aromatic N) is 1. The summed E-state index contributed by atoms with van der Waals surface area (Å²) in [6.45, 7) is 5.43. The molecule has 0 heterocycles. The molecule has 0 bridgehead atoms. The summed E-state index contributed by atoms with van der Waals surface area (Å²) in [5.74, 6) is -0.389. The molecule has 0 saturated carbocycles. The Morgan fingerprint density at radius 2 is 1.86 bits per heavy atom. The highest BCUT2D eigenvalue weighted by Crippen LogP contribution is 2.19. The van der Waals surface area contributed by atoms with Crippen molar-refractivity contribution >= 4 is 17.7 Å². The first-order valence-corrected chi connectivity index (χ1v) is 8.04. The van der Waals surface area contributed by atoms with Gasteiger partial charge in [0.25, 0.3) is 0 Å². The lowest BCUT2D eigenvalue weighted by Gasteiger charge is -2.23. The zero-order valence-corrected chi connectivity index (χ0v) is 13.8. The van der Waals surface area contributed by atoms with Crippen LogP contribution in [0.15, 0.2) is 23.2 Å². The first-order chi connectivity index (χ1) is 9.89. The number of guanidine groups is 1. The van der Waals surface area contributed by atoms with E-state index in [-0.39, 0.29) is 16.7 Å². The predicted octanol–water partition coefficient (Wildman–Crippen LogP) is 2.81. The second kappa shape index (κ2) is 8.22. The summed E-state index contributed by atoms with van der Waals surface area (Å²) >= 11 is 1.76. The van der Waals surface area contributed by atoms with E-state index in [4.69, 9.17) is 0 Å². The molecule has 0 aliphatic heterocycles. The molecule has 0 atom stereocenters. The Hall–Kier alpha value is -1.30. The lowest BCUT2D eigenvalue weighted by molar-refractivity contribution is 0.552. The summed E-state index contributed by atoms with van der Waals surface area (Å²) in [7, 11) is 1.67. The Kier molecular flexibility index (Phi) is 6.95. The maximum atomic E-state index is 13.5. The molecule has 21 heavy (non-hydrogen) atoms. The van der Waals surface area contributed by atoms with E-state index in [9.17, 15) is 8.78 Å². The third-order valence-corrected chi connectivity index (χ3v) is 4.44. The number of thioether (sulfide) groups is 1. The Morgan fingerprint density at radius 3 is 2.38 bits per heavy atom. The van der Waals surface area contributed by atoms with Gasteiger partial charge in [-0.3, -0.25) is 4.99 Å². The number of hydrogen-bond acceptors (Lipinski definition) is 2. The average Bonchev–Trinajstić information content (AvgIpc) is 2.45. The van der Waals surface area contributed by atoms with Crippen LogP contribution in [0.3, 0.4) is 0 Å². The third-order valence-electron chi connectivity index (χ3n) is 3.19. The van der Waals surface area contributed by atoms with Crippen molar-refractivity contribution in [3.8, 4) is 0 Å². The van der Waals surface area contributed by atoms with Crippen LogP contribution in [0.5, 0.6) is 0 Å². The van der Waals surface area contributed by atoms with Gasteiger partial charge in [-0.1, -0.05) is 6.07 Å². The van der Waals surface area contributed by atoms with Crippen LogP contribution in [-0.4, -0.2) is 37.1 Å². The van der Waals surface area contributed by atoms with Gasteiger partial charge in [-0.15, -0.1) is 0 Å². The fourth-order valence-electron chi connectivity index (χ4n) is 1.67. The van der Waals surface area contributed by atoms with Crippen molar-refractivity contribution < 1.29 is 8.78 Å². The van der Waals surface area contributed by atoms with Gasteiger partial charge in [0.05, 0.1) is 0 Å². The van der Waals surface area contributed by atoms with Gasteiger partial charge in [0.1, 0.15) is 11.6 Å². The zero-order chi connectivity index (χ0) is 15.9. The Balaban J connectivity index is 2.46. The number of rotatable bonds is 6. The first-order valence-electron chi connectivity index (χ1n) is 6.82. The lowest BCUT2D eigenvalue weighted by Crippen LogP contribution is -2.43. The van der Waals surface area contributed by atoms with Crippen LogP contribution in [0.2, 0.25) is 0 Å². The van der Waals surface area contributed by atoms with Crippen LogP contribution in [0, 0.1) is 11.6 Å². The number of aliphatic imine (C=N–C) groups is 1. The first kappa shape index (κ1) is 17.8. The monoisotopic (exact) mass is 315 g/mol. The predicted molar refractivity (Wildman–Crippen MR) is 87.0 cm³/mol. The van der Waals surface area contributed by atoms with E-state index in [1.807, 2.05) is 0 Å². The van der Waals surface area contributed by atoms with Crippen molar-refractivity contribution in [2.45, 2.75) is 25.0 Å². The van der Waals surface area contributed by atoms with Gasteiger partial charge in [-0.05, 0) is 38.7 Å². The van der Waals surface area contributed by atoms with Gasteiger partial charge in [-0.25, -0.2) is 8.78 Å². The van der Waals surface area contributed by atoms with Gasteiger partial charge < -0.3 is 10.6 Å². The molecule has 0 spiro atoms. The molecule has 0 aliphatic carbocycles. The van der Waals surface area contributed by atoms with Gasteiger partial charge in [0, 0.05) is 30.4 Å². The van der Waals surface area contributed by atoms with Crippen molar-refractivity contribution in [3.63, 3.8) is 0 Å². The topological polar surface area (TPSA) is 36.4 Å². The molecule has 2 N–H and O–H groups in total. The van der Waals surface area contributed by atoms with Crippen LogP contribution < -0.4 is 10.6 Å². The molecular weight excluding hydrogens is 292 g/mol.